The van der Waals surface area contributed by atoms with Crippen molar-refractivity contribution in [3.63, 3.8) is 0 Å². The Labute approximate surface area is 361 Å². The van der Waals surface area contributed by atoms with Gasteiger partial charge in [0.25, 0.3) is 0 Å². The maximum absolute atomic E-state index is 5.07. The van der Waals surface area contributed by atoms with E-state index in [-0.39, 0.29) is 0 Å². The molecule has 0 saturated carbocycles. The molecule has 6 aromatic carbocycles. The van der Waals surface area contributed by atoms with E-state index in [0.29, 0.717) is 0 Å². The number of allylic oxidation sites excluding steroid dienone is 5. The highest BCUT2D eigenvalue weighted by molar-refractivity contribution is 6.16. The third-order valence-electron chi connectivity index (χ3n) is 12.7. The Morgan fingerprint density at radius 2 is 1.00 bits per heavy atom. The van der Waals surface area contributed by atoms with Crippen molar-refractivity contribution >= 4 is 43.9 Å². The fourth-order valence-electron chi connectivity index (χ4n) is 9.96. The minimum Gasteiger partial charge on any atom is -0.307 e. The van der Waals surface area contributed by atoms with Crippen molar-refractivity contribution in [1.82, 2.24) is 19.1 Å². The summed E-state index contributed by atoms with van der Waals surface area (Å²) in [4.78, 5) is 10.1. The van der Waals surface area contributed by atoms with E-state index in [9.17, 15) is 0 Å². The third-order valence-corrected chi connectivity index (χ3v) is 12.7. The Balaban J connectivity index is 1.000. The van der Waals surface area contributed by atoms with Crippen LogP contribution >= 0.6 is 0 Å². The fourth-order valence-corrected chi connectivity index (χ4v) is 9.96. The summed E-state index contributed by atoms with van der Waals surface area (Å²) in [6.45, 7) is 0. The summed E-state index contributed by atoms with van der Waals surface area (Å²) in [7, 11) is 0. The number of pyridine rings is 2. The first-order chi connectivity index (χ1) is 30.8. The quantitative estimate of drug-likeness (QED) is 0.161. The molecular formula is C58H42N4. The molecule has 0 atom stereocenters. The Morgan fingerprint density at radius 3 is 1.68 bits per heavy atom. The van der Waals surface area contributed by atoms with E-state index in [1.165, 1.54) is 71.8 Å². The molecule has 0 amide bonds. The summed E-state index contributed by atoms with van der Waals surface area (Å²) in [5.41, 5.74) is 19.9. The first kappa shape index (κ1) is 36.1. The Bertz CT molecular complexity index is 3310. The van der Waals surface area contributed by atoms with Gasteiger partial charge in [-0.25, -0.2) is 0 Å². The highest BCUT2D eigenvalue weighted by atomic mass is 15.0. The fraction of sp³-hybridized carbons (Fsp3) is 0.0690. The van der Waals surface area contributed by atoms with E-state index < -0.39 is 0 Å². The van der Waals surface area contributed by atoms with E-state index >= 15 is 0 Å². The largest absolute Gasteiger partial charge is 0.307 e. The molecule has 0 saturated heterocycles. The zero-order valence-corrected chi connectivity index (χ0v) is 34.2. The molecule has 0 bridgehead atoms. The smallest absolute Gasteiger partial charge is 0.0948 e. The summed E-state index contributed by atoms with van der Waals surface area (Å²) in [5, 5.41) is 3.68. The molecule has 2 aliphatic carbocycles. The molecule has 294 valence electrons. The van der Waals surface area contributed by atoms with E-state index in [0.717, 1.165) is 65.1 Å². The average molecular weight is 795 g/mol. The number of aromatic nitrogens is 4. The molecule has 0 N–H and O–H groups in total. The van der Waals surface area contributed by atoms with E-state index in [1.807, 2.05) is 12.4 Å². The minimum atomic E-state index is 0.970. The maximum atomic E-state index is 5.07. The van der Waals surface area contributed by atoms with Crippen LogP contribution in [0.4, 0.5) is 0 Å². The van der Waals surface area contributed by atoms with Crippen LogP contribution in [0.5, 0.6) is 0 Å². The van der Waals surface area contributed by atoms with Gasteiger partial charge < -0.3 is 9.13 Å². The number of fused-ring (bicyclic) bond motifs is 6. The van der Waals surface area contributed by atoms with Crippen LogP contribution in [0.25, 0.3) is 88.7 Å². The van der Waals surface area contributed by atoms with Crippen molar-refractivity contribution in [2.24, 2.45) is 0 Å². The molecule has 4 aromatic heterocycles. The third kappa shape index (κ3) is 5.90. The zero-order chi connectivity index (χ0) is 41.0. The number of rotatable bonds is 7. The number of para-hydroxylation sites is 1. The molecule has 0 radical (unpaired) electrons. The molecule has 4 heteroatoms. The van der Waals surface area contributed by atoms with Gasteiger partial charge in [-0.1, -0.05) is 158 Å². The van der Waals surface area contributed by atoms with Crippen molar-refractivity contribution in [2.75, 3.05) is 0 Å². The lowest BCUT2D eigenvalue weighted by Crippen LogP contribution is -2.07. The molecule has 10 aromatic rings. The minimum absolute atomic E-state index is 0.970. The molecule has 62 heavy (non-hydrogen) atoms. The summed E-state index contributed by atoms with van der Waals surface area (Å²) < 4.78 is 4.92. The summed E-state index contributed by atoms with van der Waals surface area (Å²) in [6, 6.07) is 61.4. The van der Waals surface area contributed by atoms with Crippen molar-refractivity contribution < 1.29 is 0 Å². The van der Waals surface area contributed by atoms with Gasteiger partial charge in [0.2, 0.25) is 0 Å². The summed E-state index contributed by atoms with van der Waals surface area (Å²) >= 11 is 0. The summed E-state index contributed by atoms with van der Waals surface area (Å²) in [5.74, 6) is 0. The van der Waals surface area contributed by atoms with Crippen LogP contribution in [0.1, 0.15) is 41.8 Å². The van der Waals surface area contributed by atoms with Crippen molar-refractivity contribution in [2.45, 2.75) is 25.7 Å². The topological polar surface area (TPSA) is 35.6 Å². The van der Waals surface area contributed by atoms with E-state index in [2.05, 4.69) is 203 Å². The van der Waals surface area contributed by atoms with Crippen LogP contribution in [-0.2, 0) is 6.42 Å². The van der Waals surface area contributed by atoms with Gasteiger partial charge in [-0.3, -0.25) is 9.97 Å². The predicted octanol–water partition coefficient (Wildman–Crippen LogP) is 14.6. The van der Waals surface area contributed by atoms with Gasteiger partial charge in [-0.05, 0) is 95.5 Å². The molecular weight excluding hydrogens is 753 g/mol. The SMILES string of the molecule is C1=CC(c2nccc3c4c(n(-c5ccc(-c6ccc(-n7c8c(-c9ccccc9)cccc8c8ccnc(-c9ccccc9)c87)cc6)cc5)c23)C(c2ccccc2)=CCC4)=CCC1. The van der Waals surface area contributed by atoms with E-state index in [1.54, 1.807) is 0 Å². The first-order valence-electron chi connectivity index (χ1n) is 21.7. The van der Waals surface area contributed by atoms with Crippen LogP contribution in [-0.4, -0.2) is 19.1 Å². The predicted molar refractivity (Wildman–Crippen MR) is 258 cm³/mol. The van der Waals surface area contributed by atoms with Crippen LogP contribution in [0.3, 0.4) is 0 Å². The van der Waals surface area contributed by atoms with Gasteiger partial charge in [0.1, 0.15) is 0 Å². The Hall–Kier alpha value is -7.82. The number of hydrogen-bond donors (Lipinski definition) is 0. The molecule has 2 aliphatic rings. The maximum Gasteiger partial charge on any atom is 0.0948 e. The second kappa shape index (κ2) is 15.0. The van der Waals surface area contributed by atoms with Crippen molar-refractivity contribution in [1.29, 1.82) is 0 Å². The van der Waals surface area contributed by atoms with Crippen LogP contribution < -0.4 is 0 Å². The highest BCUT2D eigenvalue weighted by Crippen LogP contribution is 2.44. The van der Waals surface area contributed by atoms with Crippen LogP contribution in [0.2, 0.25) is 0 Å². The first-order valence-corrected chi connectivity index (χ1v) is 21.7. The van der Waals surface area contributed by atoms with Gasteiger partial charge in [0, 0.05) is 56.6 Å². The monoisotopic (exact) mass is 794 g/mol. The molecule has 0 spiro atoms. The molecule has 4 heterocycles. The number of benzene rings is 6. The molecule has 12 rings (SSSR count). The Kier molecular flexibility index (Phi) is 8.74. The lowest BCUT2D eigenvalue weighted by molar-refractivity contribution is 0.956. The lowest BCUT2D eigenvalue weighted by atomic mass is 9.90. The van der Waals surface area contributed by atoms with Gasteiger partial charge in [-0.2, -0.15) is 0 Å². The van der Waals surface area contributed by atoms with Crippen LogP contribution in [0, 0.1) is 0 Å². The highest BCUT2D eigenvalue weighted by Gasteiger charge is 2.27. The molecule has 0 unspecified atom stereocenters. The Morgan fingerprint density at radius 1 is 0.403 bits per heavy atom. The lowest BCUT2D eigenvalue weighted by Gasteiger charge is -2.20. The molecule has 0 aliphatic heterocycles. The number of hydrogen-bond acceptors (Lipinski definition) is 2. The van der Waals surface area contributed by atoms with Crippen LogP contribution in [0.15, 0.2) is 207 Å². The van der Waals surface area contributed by atoms with Gasteiger partial charge >= 0.3 is 0 Å². The second-order valence-corrected chi connectivity index (χ2v) is 16.3. The second-order valence-electron chi connectivity index (χ2n) is 16.3. The average Bonchev–Trinajstić information content (AvgIpc) is 3.89. The van der Waals surface area contributed by atoms with E-state index in [4.69, 9.17) is 9.97 Å². The van der Waals surface area contributed by atoms with Gasteiger partial charge in [-0.15, -0.1) is 0 Å². The normalized spacial score (nSPS) is 13.7. The van der Waals surface area contributed by atoms with Gasteiger partial charge in [0.05, 0.1) is 33.6 Å². The number of aryl methyl sites for hydroxylation is 1. The van der Waals surface area contributed by atoms with Gasteiger partial charge in [0.15, 0.2) is 0 Å². The summed E-state index contributed by atoms with van der Waals surface area (Å²) in [6.07, 6.45) is 17.4. The zero-order valence-electron chi connectivity index (χ0n) is 34.2. The standard InChI is InChI=1S/C58H42N4/c1-5-15-41(16-6-1)47-23-13-25-49-51-35-37-59-53(43-19-9-3-10-20-43)57(51)61(55(47)49)45-31-27-39(28-32-45)40-29-33-46(34-30-40)62-56-48(42-17-7-2-8-18-42)24-14-26-50(56)52-36-38-60-54(58(52)62)44-21-11-4-12-22-44/h1-3,5-11,13,15-25,27-38H,4,12,14,26H2. The molecule has 0 fully saturated rings. The number of nitrogens with zero attached hydrogens (tertiary/aromatic N) is 4. The molecule has 4 nitrogen and oxygen atoms in total. The van der Waals surface area contributed by atoms with Crippen molar-refractivity contribution in [3.05, 3.63) is 229 Å². The van der Waals surface area contributed by atoms with Crippen molar-refractivity contribution in [3.8, 4) is 44.9 Å².